The van der Waals surface area contributed by atoms with E-state index in [4.69, 9.17) is 9.57 Å². The van der Waals surface area contributed by atoms with Gasteiger partial charge in [-0.25, -0.2) is 0 Å². The van der Waals surface area contributed by atoms with Crippen LogP contribution in [0.15, 0.2) is 0 Å². The molecule has 2 N–H and O–H groups in total. The number of unbranched alkanes of at least 4 members (excludes halogenated alkanes) is 2. The second-order valence-corrected chi connectivity index (χ2v) is 3.68. The molecular weight excluding hydrogens is 208 g/mol. The van der Waals surface area contributed by atoms with E-state index in [0.29, 0.717) is 13.2 Å². The number of hydrogen-bond acceptors (Lipinski definition) is 4. The molecule has 0 saturated carbocycles. The smallest absolute Gasteiger partial charge is 0.239 e. The van der Waals surface area contributed by atoms with Gasteiger partial charge in [0.2, 0.25) is 5.91 Å². The first-order valence-corrected chi connectivity index (χ1v) is 5.86. The monoisotopic (exact) mass is 232 g/mol. The molecule has 0 spiro atoms. The van der Waals surface area contributed by atoms with Crippen molar-refractivity contribution >= 4 is 5.91 Å². The van der Waals surface area contributed by atoms with E-state index in [9.17, 15) is 4.79 Å². The largest absolute Gasteiger partial charge is 0.382 e. The topological polar surface area (TPSA) is 59.6 Å². The van der Waals surface area contributed by atoms with Crippen molar-refractivity contribution in [1.29, 1.82) is 0 Å². The quantitative estimate of drug-likeness (QED) is 0.433. The zero-order chi connectivity index (χ0) is 12.2. The maximum Gasteiger partial charge on any atom is 0.239 e. The van der Waals surface area contributed by atoms with Crippen LogP contribution >= 0.6 is 0 Å². The van der Waals surface area contributed by atoms with E-state index in [2.05, 4.69) is 17.7 Å². The van der Waals surface area contributed by atoms with E-state index in [1.807, 2.05) is 0 Å². The number of rotatable bonds is 10. The molecule has 0 aliphatic rings. The fraction of sp³-hybridized carbons (Fsp3) is 0.909. The Bertz CT molecular complexity index is 177. The van der Waals surface area contributed by atoms with Gasteiger partial charge in [-0.3, -0.25) is 9.63 Å². The van der Waals surface area contributed by atoms with E-state index in [-0.39, 0.29) is 11.9 Å². The Morgan fingerprint density at radius 3 is 2.69 bits per heavy atom. The van der Waals surface area contributed by atoms with Crippen molar-refractivity contribution in [1.82, 2.24) is 10.8 Å². The third kappa shape index (κ3) is 8.64. The number of amides is 1. The molecule has 1 unspecified atom stereocenters. The Labute approximate surface area is 97.8 Å². The Balaban J connectivity index is 3.42. The van der Waals surface area contributed by atoms with Gasteiger partial charge >= 0.3 is 0 Å². The molecule has 0 heterocycles. The van der Waals surface area contributed by atoms with Gasteiger partial charge in [-0.2, -0.15) is 5.48 Å². The zero-order valence-corrected chi connectivity index (χ0v) is 10.5. The van der Waals surface area contributed by atoms with E-state index in [0.717, 1.165) is 25.8 Å². The van der Waals surface area contributed by atoms with Gasteiger partial charge in [0, 0.05) is 13.7 Å². The minimum atomic E-state index is -0.335. The molecule has 0 fully saturated rings. The molecule has 0 rings (SSSR count). The summed E-state index contributed by atoms with van der Waals surface area (Å²) >= 11 is 0. The van der Waals surface area contributed by atoms with Gasteiger partial charge in [-0.05, 0) is 13.3 Å². The predicted molar refractivity (Wildman–Crippen MR) is 63.0 cm³/mol. The van der Waals surface area contributed by atoms with Crippen molar-refractivity contribution in [2.75, 3.05) is 26.9 Å². The summed E-state index contributed by atoms with van der Waals surface area (Å²) in [5.41, 5.74) is 2.67. The summed E-state index contributed by atoms with van der Waals surface area (Å²) in [5.74, 6) is -0.0338. The molecule has 0 radical (unpaired) electrons. The normalized spacial score (nSPS) is 12.4. The molecule has 0 aromatic rings. The highest BCUT2D eigenvalue weighted by molar-refractivity contribution is 5.81. The predicted octanol–water partition coefficient (Wildman–Crippen LogP) is 0.849. The summed E-state index contributed by atoms with van der Waals surface area (Å²) in [5, 5.41) is 2.85. The van der Waals surface area contributed by atoms with Crippen LogP contribution in [0.3, 0.4) is 0 Å². The molecule has 16 heavy (non-hydrogen) atoms. The van der Waals surface area contributed by atoms with Crippen molar-refractivity contribution in [2.45, 2.75) is 39.2 Å². The molecule has 5 heteroatoms. The van der Waals surface area contributed by atoms with Crippen LogP contribution in [-0.2, 0) is 14.4 Å². The number of methoxy groups -OCH3 is 1. The second-order valence-electron chi connectivity index (χ2n) is 3.68. The summed E-state index contributed by atoms with van der Waals surface area (Å²) in [4.78, 5) is 16.5. The fourth-order valence-electron chi connectivity index (χ4n) is 1.10. The Kier molecular flexibility index (Phi) is 10.4. The first-order valence-electron chi connectivity index (χ1n) is 5.86. The maximum atomic E-state index is 11.5. The lowest BCUT2D eigenvalue weighted by molar-refractivity contribution is -0.127. The van der Waals surface area contributed by atoms with Gasteiger partial charge in [0.1, 0.15) is 6.04 Å². The van der Waals surface area contributed by atoms with Crippen LogP contribution in [0.4, 0.5) is 0 Å². The fourth-order valence-corrected chi connectivity index (χ4v) is 1.10. The van der Waals surface area contributed by atoms with Gasteiger partial charge < -0.3 is 10.1 Å². The van der Waals surface area contributed by atoms with Gasteiger partial charge in [0.05, 0.1) is 13.2 Å². The number of carbonyl (C=O) groups excluding carboxylic acids is 1. The Morgan fingerprint density at radius 2 is 2.06 bits per heavy atom. The SMILES string of the molecule is CCCCCNC(=O)C(C)NOCCOC. The molecule has 96 valence electrons. The molecule has 0 aliphatic carbocycles. The van der Waals surface area contributed by atoms with E-state index in [1.54, 1.807) is 14.0 Å². The molecule has 1 atom stereocenters. The highest BCUT2D eigenvalue weighted by Gasteiger charge is 2.11. The lowest BCUT2D eigenvalue weighted by atomic mass is 10.2. The summed E-state index contributed by atoms with van der Waals surface area (Å²) in [6.45, 7) is 5.58. The van der Waals surface area contributed by atoms with Gasteiger partial charge in [0.25, 0.3) is 0 Å². The minimum Gasteiger partial charge on any atom is -0.382 e. The van der Waals surface area contributed by atoms with Crippen molar-refractivity contribution in [3.8, 4) is 0 Å². The highest BCUT2D eigenvalue weighted by atomic mass is 16.7. The molecule has 0 bridgehead atoms. The van der Waals surface area contributed by atoms with Crippen LogP contribution in [0.5, 0.6) is 0 Å². The Morgan fingerprint density at radius 1 is 1.31 bits per heavy atom. The van der Waals surface area contributed by atoms with Crippen LogP contribution in [0.2, 0.25) is 0 Å². The van der Waals surface area contributed by atoms with Crippen molar-refractivity contribution in [2.24, 2.45) is 0 Å². The van der Waals surface area contributed by atoms with Crippen molar-refractivity contribution in [3.05, 3.63) is 0 Å². The summed E-state index contributed by atoms with van der Waals surface area (Å²) in [6, 6.07) is -0.335. The third-order valence-corrected chi connectivity index (χ3v) is 2.12. The molecule has 0 aliphatic heterocycles. The minimum absolute atomic E-state index is 0.0338. The summed E-state index contributed by atoms with van der Waals surface area (Å²) in [6.07, 6.45) is 3.33. The number of ether oxygens (including phenoxy) is 1. The average molecular weight is 232 g/mol. The number of hydroxylamine groups is 1. The average Bonchev–Trinajstić information content (AvgIpc) is 2.29. The number of carbonyl (C=O) groups is 1. The highest BCUT2D eigenvalue weighted by Crippen LogP contribution is 1.91. The standard InChI is InChI=1S/C11H24N2O3/c1-4-5-6-7-12-11(14)10(2)13-16-9-8-15-3/h10,13H,4-9H2,1-3H3,(H,12,14). The van der Waals surface area contributed by atoms with Crippen LogP contribution in [0.25, 0.3) is 0 Å². The first-order chi connectivity index (χ1) is 7.72. The lowest BCUT2D eigenvalue weighted by Crippen LogP contribution is -2.42. The number of nitrogens with one attached hydrogen (secondary N) is 2. The lowest BCUT2D eigenvalue weighted by Gasteiger charge is -2.13. The van der Waals surface area contributed by atoms with Crippen LogP contribution in [0, 0.1) is 0 Å². The number of hydrogen-bond donors (Lipinski definition) is 2. The van der Waals surface area contributed by atoms with Crippen molar-refractivity contribution in [3.63, 3.8) is 0 Å². The molecule has 0 aromatic carbocycles. The Hall–Kier alpha value is -0.650. The van der Waals surface area contributed by atoms with Gasteiger partial charge in [0.15, 0.2) is 0 Å². The molecule has 0 aromatic heterocycles. The van der Waals surface area contributed by atoms with E-state index >= 15 is 0 Å². The first kappa shape index (κ1) is 15.3. The van der Waals surface area contributed by atoms with E-state index in [1.165, 1.54) is 0 Å². The molecular formula is C11H24N2O3. The third-order valence-electron chi connectivity index (χ3n) is 2.12. The van der Waals surface area contributed by atoms with Crippen LogP contribution in [0.1, 0.15) is 33.1 Å². The van der Waals surface area contributed by atoms with Crippen LogP contribution in [-0.4, -0.2) is 38.8 Å². The van der Waals surface area contributed by atoms with Crippen LogP contribution < -0.4 is 10.8 Å². The molecule has 0 saturated heterocycles. The second kappa shape index (κ2) is 10.9. The summed E-state index contributed by atoms with van der Waals surface area (Å²) in [7, 11) is 1.60. The van der Waals surface area contributed by atoms with Gasteiger partial charge in [-0.15, -0.1) is 0 Å². The zero-order valence-electron chi connectivity index (χ0n) is 10.5. The van der Waals surface area contributed by atoms with Crippen molar-refractivity contribution < 1.29 is 14.4 Å². The maximum absolute atomic E-state index is 11.5. The molecule has 1 amide bonds. The summed E-state index contributed by atoms with van der Waals surface area (Å²) < 4.78 is 4.81. The molecule has 5 nitrogen and oxygen atoms in total. The van der Waals surface area contributed by atoms with E-state index < -0.39 is 0 Å². The van der Waals surface area contributed by atoms with Gasteiger partial charge in [-0.1, -0.05) is 19.8 Å².